The molecule has 102 valence electrons. The molecule has 1 heterocycles. The van der Waals surface area contributed by atoms with Crippen LogP contribution in [0, 0.1) is 0 Å². The fraction of sp³-hybridized carbons (Fsp3) is 0.714. The first-order valence-electron chi connectivity index (χ1n) is 6.73. The highest BCUT2D eigenvalue weighted by Crippen LogP contribution is 2.28. The van der Waals surface area contributed by atoms with E-state index >= 15 is 0 Å². The summed E-state index contributed by atoms with van der Waals surface area (Å²) in [5.41, 5.74) is -0.818. The Morgan fingerprint density at radius 2 is 1.39 bits per heavy atom. The van der Waals surface area contributed by atoms with Crippen molar-refractivity contribution in [1.82, 2.24) is 0 Å². The lowest BCUT2D eigenvalue weighted by Crippen LogP contribution is -2.54. The Balaban J connectivity index is 2.95. The van der Waals surface area contributed by atoms with E-state index in [1.165, 1.54) is 0 Å². The van der Waals surface area contributed by atoms with Gasteiger partial charge in [0, 0.05) is 6.10 Å². The van der Waals surface area contributed by atoms with Gasteiger partial charge < -0.3 is 14.1 Å². The number of hydrogen-bond acceptors (Lipinski definition) is 3. The van der Waals surface area contributed by atoms with Gasteiger partial charge in [-0.15, -0.1) is 0 Å². The van der Waals surface area contributed by atoms with E-state index in [2.05, 4.69) is 0 Å². The highest BCUT2D eigenvalue weighted by molar-refractivity contribution is 6.61. The topological polar surface area (TPSA) is 27.7 Å². The summed E-state index contributed by atoms with van der Waals surface area (Å²) in [4.78, 5) is 0. The molecule has 0 bridgehead atoms. The van der Waals surface area contributed by atoms with Crippen molar-refractivity contribution in [2.45, 2.75) is 65.5 Å². The van der Waals surface area contributed by atoms with Crippen LogP contribution in [0.15, 0.2) is 24.2 Å². The molecule has 0 atom stereocenters. The third kappa shape index (κ3) is 4.27. The highest BCUT2D eigenvalue weighted by Gasteiger charge is 2.45. The molecule has 0 aromatic rings. The molecule has 4 heteroatoms. The predicted molar refractivity (Wildman–Crippen MR) is 75.4 cm³/mol. The van der Waals surface area contributed by atoms with Crippen molar-refractivity contribution < 1.29 is 14.1 Å². The zero-order valence-electron chi connectivity index (χ0n) is 12.3. The summed E-state index contributed by atoms with van der Waals surface area (Å²) < 4.78 is 18.0. The Morgan fingerprint density at radius 3 is 1.83 bits per heavy atom. The third-order valence-electron chi connectivity index (χ3n) is 2.38. The average molecular weight is 252 g/mol. The maximum atomic E-state index is 6.02. The van der Waals surface area contributed by atoms with E-state index in [0.717, 1.165) is 0 Å². The molecule has 0 spiro atoms. The lowest BCUT2D eigenvalue weighted by molar-refractivity contribution is -0.196. The van der Waals surface area contributed by atoms with Crippen LogP contribution in [-0.4, -0.2) is 30.9 Å². The fourth-order valence-corrected chi connectivity index (χ4v) is 1.99. The van der Waals surface area contributed by atoms with Crippen molar-refractivity contribution in [3.05, 3.63) is 24.2 Å². The molecule has 0 amide bonds. The van der Waals surface area contributed by atoms with E-state index in [1.807, 2.05) is 65.7 Å². The number of rotatable bonds is 6. The quantitative estimate of drug-likeness (QED) is 0.537. The summed E-state index contributed by atoms with van der Waals surface area (Å²) in [6.07, 6.45) is 6.12. The van der Waals surface area contributed by atoms with Gasteiger partial charge in [-0.2, -0.15) is 0 Å². The van der Waals surface area contributed by atoms with Crippen molar-refractivity contribution in [3.8, 4) is 0 Å². The van der Waals surface area contributed by atoms with Crippen LogP contribution >= 0.6 is 0 Å². The zero-order valence-corrected chi connectivity index (χ0v) is 12.3. The lowest BCUT2D eigenvalue weighted by atomic mass is 9.56. The molecule has 0 saturated heterocycles. The van der Waals surface area contributed by atoms with E-state index in [9.17, 15) is 0 Å². The summed E-state index contributed by atoms with van der Waals surface area (Å²) in [6, 6.07) is 0. The molecule has 0 aromatic carbocycles. The van der Waals surface area contributed by atoms with E-state index in [-0.39, 0.29) is 25.2 Å². The molecule has 18 heavy (non-hydrogen) atoms. The standard InChI is InChI=1S/C14H25BO3/c1-11(2)16-14(17-12(3)4)9-7-8-10-15(14)18-13(5)6/h7-13H,1-6H3. The lowest BCUT2D eigenvalue weighted by Gasteiger charge is -2.39. The molecular weight excluding hydrogens is 227 g/mol. The molecule has 0 N–H and O–H groups in total. The van der Waals surface area contributed by atoms with Crippen molar-refractivity contribution in [2.75, 3.05) is 0 Å². The molecular formula is C14H25BO3. The van der Waals surface area contributed by atoms with Gasteiger partial charge in [0.2, 0.25) is 0 Å². The molecule has 0 unspecified atom stereocenters. The number of ether oxygens (including phenoxy) is 2. The first-order valence-corrected chi connectivity index (χ1v) is 6.73. The monoisotopic (exact) mass is 252 g/mol. The summed E-state index contributed by atoms with van der Waals surface area (Å²) in [5.74, 6) is 1.99. The van der Waals surface area contributed by atoms with Crippen molar-refractivity contribution >= 4 is 6.92 Å². The van der Waals surface area contributed by atoms with Crippen molar-refractivity contribution in [1.29, 1.82) is 0 Å². The van der Waals surface area contributed by atoms with Crippen LogP contribution < -0.4 is 0 Å². The molecule has 0 radical (unpaired) electrons. The Bertz CT molecular complexity index is 298. The van der Waals surface area contributed by atoms with Crippen LogP contribution in [0.5, 0.6) is 0 Å². The second kappa shape index (κ2) is 6.55. The summed E-state index contributed by atoms with van der Waals surface area (Å²) in [5, 5.41) is 0. The Hall–Kier alpha value is -0.575. The highest BCUT2D eigenvalue weighted by atomic mass is 16.7. The van der Waals surface area contributed by atoms with Crippen molar-refractivity contribution in [3.63, 3.8) is 0 Å². The summed E-state index contributed by atoms with van der Waals surface area (Å²) in [6.45, 7) is 11.8. The van der Waals surface area contributed by atoms with Gasteiger partial charge in [0.05, 0.1) is 12.2 Å². The smallest absolute Gasteiger partial charge is 0.392 e. The minimum Gasteiger partial charge on any atom is -0.425 e. The van der Waals surface area contributed by atoms with E-state index in [1.54, 1.807) is 0 Å². The van der Waals surface area contributed by atoms with Gasteiger partial charge in [0.15, 0.2) is 5.69 Å². The average Bonchev–Trinajstić information content (AvgIpc) is 2.18. The second-order valence-corrected chi connectivity index (χ2v) is 5.40. The first-order chi connectivity index (χ1) is 8.35. The maximum absolute atomic E-state index is 6.02. The second-order valence-electron chi connectivity index (χ2n) is 5.40. The molecule has 1 aliphatic heterocycles. The number of hydrogen-bond donors (Lipinski definition) is 0. The summed E-state index contributed by atoms with van der Waals surface area (Å²) in [7, 11) is 0. The van der Waals surface area contributed by atoms with Crippen LogP contribution in [0.2, 0.25) is 0 Å². The minimum atomic E-state index is -0.818. The SMILES string of the molecule is CC(C)OB1C=CC=CC1(OC(C)C)OC(C)C. The van der Waals surface area contributed by atoms with Gasteiger partial charge in [0.25, 0.3) is 0 Å². The van der Waals surface area contributed by atoms with Crippen LogP contribution in [0.3, 0.4) is 0 Å². The molecule has 1 rings (SSSR count). The van der Waals surface area contributed by atoms with E-state index in [4.69, 9.17) is 14.1 Å². The Labute approximate surface area is 111 Å². The van der Waals surface area contributed by atoms with Crippen molar-refractivity contribution in [2.24, 2.45) is 0 Å². The van der Waals surface area contributed by atoms with Crippen LogP contribution in [0.4, 0.5) is 0 Å². The van der Waals surface area contributed by atoms with Gasteiger partial charge in [-0.1, -0.05) is 18.1 Å². The zero-order chi connectivity index (χ0) is 13.8. The van der Waals surface area contributed by atoms with E-state index < -0.39 is 5.69 Å². The Morgan fingerprint density at radius 1 is 0.833 bits per heavy atom. The summed E-state index contributed by atoms with van der Waals surface area (Å²) >= 11 is 0. The third-order valence-corrected chi connectivity index (χ3v) is 2.38. The van der Waals surface area contributed by atoms with Gasteiger partial charge >= 0.3 is 6.92 Å². The van der Waals surface area contributed by atoms with Crippen LogP contribution in [0.25, 0.3) is 0 Å². The van der Waals surface area contributed by atoms with Gasteiger partial charge in [-0.25, -0.2) is 0 Å². The van der Waals surface area contributed by atoms with Crippen LogP contribution in [-0.2, 0) is 14.1 Å². The first kappa shape index (κ1) is 15.5. The maximum Gasteiger partial charge on any atom is 0.392 e. The van der Waals surface area contributed by atoms with Crippen LogP contribution in [0.1, 0.15) is 41.5 Å². The molecule has 0 aliphatic carbocycles. The predicted octanol–water partition coefficient (Wildman–Crippen LogP) is 3.15. The van der Waals surface area contributed by atoms with Gasteiger partial charge in [0.1, 0.15) is 0 Å². The largest absolute Gasteiger partial charge is 0.425 e. The normalized spacial score (nSPS) is 18.4. The number of allylic oxidation sites excluding steroid dienone is 2. The Kier molecular flexibility index (Phi) is 5.63. The molecule has 0 aromatic heterocycles. The molecule has 0 fully saturated rings. The molecule has 3 nitrogen and oxygen atoms in total. The van der Waals surface area contributed by atoms with Gasteiger partial charge in [-0.3, -0.25) is 0 Å². The van der Waals surface area contributed by atoms with E-state index in [0.29, 0.717) is 0 Å². The molecule has 0 saturated carbocycles. The fourth-order valence-electron chi connectivity index (χ4n) is 1.99. The molecule has 1 aliphatic rings. The minimum absolute atomic E-state index is 0.0677. The van der Waals surface area contributed by atoms with Gasteiger partial charge in [-0.05, 0) is 47.6 Å².